The minimum Gasteiger partial charge on any atom is -0.393 e. The van der Waals surface area contributed by atoms with Crippen molar-refractivity contribution in [2.75, 3.05) is 0 Å². The molecule has 16 heavy (non-hydrogen) atoms. The van der Waals surface area contributed by atoms with Crippen LogP contribution < -0.4 is 0 Å². The second-order valence-corrected chi connectivity index (χ2v) is 5.92. The average Bonchev–Trinajstić information content (AvgIpc) is 2.46. The number of halogens is 2. The Bertz CT molecular complexity index is 347. The van der Waals surface area contributed by atoms with Crippen molar-refractivity contribution in [3.05, 3.63) is 10.1 Å². The van der Waals surface area contributed by atoms with Gasteiger partial charge in [0, 0.05) is 18.3 Å². The summed E-state index contributed by atoms with van der Waals surface area (Å²) in [7, 11) is 0. The van der Waals surface area contributed by atoms with Gasteiger partial charge < -0.3 is 5.11 Å². The zero-order valence-electron chi connectivity index (χ0n) is 9.41. The highest BCUT2D eigenvalue weighted by Gasteiger charge is 2.51. The molecule has 0 bridgehead atoms. The molecule has 0 saturated heterocycles. The molecule has 2 rings (SSSR count). The van der Waals surface area contributed by atoms with Crippen LogP contribution in [0.15, 0.2) is 10.1 Å². The van der Waals surface area contributed by atoms with Crippen LogP contribution >= 0.6 is 23.2 Å². The van der Waals surface area contributed by atoms with Gasteiger partial charge in [0.2, 0.25) is 0 Å². The Morgan fingerprint density at radius 2 is 1.94 bits per heavy atom. The Kier molecular flexibility index (Phi) is 3.35. The second kappa shape index (κ2) is 4.32. The number of carbonyl (C=O) groups is 1. The van der Waals surface area contributed by atoms with Gasteiger partial charge in [-0.3, -0.25) is 4.79 Å². The van der Waals surface area contributed by atoms with Gasteiger partial charge in [0.1, 0.15) is 10.3 Å². The highest BCUT2D eigenvalue weighted by Crippen LogP contribution is 2.52. The van der Waals surface area contributed by atoms with E-state index in [9.17, 15) is 9.90 Å². The zero-order chi connectivity index (χ0) is 12.0. The highest BCUT2D eigenvalue weighted by atomic mass is 35.5. The van der Waals surface area contributed by atoms with Crippen molar-refractivity contribution in [3.63, 3.8) is 0 Å². The SMILES string of the molecule is CC1C(=C(Cl)Cl)C(C)C2C(O)CCC(=O)C12. The van der Waals surface area contributed by atoms with Crippen molar-refractivity contribution in [3.8, 4) is 0 Å². The van der Waals surface area contributed by atoms with Crippen molar-refractivity contribution >= 4 is 29.0 Å². The summed E-state index contributed by atoms with van der Waals surface area (Å²) in [6, 6.07) is 0. The molecule has 2 aliphatic carbocycles. The Balaban J connectivity index is 2.42. The predicted octanol–water partition coefficient (Wildman–Crippen LogP) is 2.92. The molecule has 2 fully saturated rings. The standard InChI is InChI=1S/C12H16Cl2O2/c1-5-9(12(13)14)6(2)11-8(16)4-3-7(15)10(5)11/h5-7,10-11,15H,3-4H2,1-2H3. The van der Waals surface area contributed by atoms with E-state index >= 15 is 0 Å². The monoisotopic (exact) mass is 262 g/mol. The number of hydrogen-bond acceptors (Lipinski definition) is 2. The van der Waals surface area contributed by atoms with Gasteiger partial charge in [-0.1, -0.05) is 37.0 Å². The Hall–Kier alpha value is -0.0500. The fourth-order valence-corrected chi connectivity index (χ4v) is 4.21. The second-order valence-electron chi connectivity index (χ2n) is 4.97. The lowest BCUT2D eigenvalue weighted by Crippen LogP contribution is -2.38. The van der Waals surface area contributed by atoms with E-state index in [1.807, 2.05) is 13.8 Å². The fourth-order valence-electron chi connectivity index (χ4n) is 3.52. The maximum absolute atomic E-state index is 11.9. The van der Waals surface area contributed by atoms with Gasteiger partial charge >= 0.3 is 0 Å². The number of hydrogen-bond donors (Lipinski definition) is 1. The summed E-state index contributed by atoms with van der Waals surface area (Å²) in [4.78, 5) is 11.9. The molecule has 0 heterocycles. The summed E-state index contributed by atoms with van der Waals surface area (Å²) in [5, 5.41) is 10.0. The number of Topliss-reactive ketones (excluding diaryl/α,β-unsaturated/α-hetero) is 1. The number of rotatable bonds is 0. The number of carbonyl (C=O) groups excluding carboxylic acids is 1. The molecule has 4 heteroatoms. The molecule has 0 aromatic heterocycles. The number of aliphatic hydroxyl groups is 1. The minimum atomic E-state index is -0.398. The first-order valence-corrected chi connectivity index (χ1v) is 6.46. The largest absolute Gasteiger partial charge is 0.393 e. The molecular formula is C12H16Cl2O2. The Morgan fingerprint density at radius 1 is 1.31 bits per heavy atom. The van der Waals surface area contributed by atoms with Gasteiger partial charge in [-0.25, -0.2) is 0 Å². The Labute approximate surface area is 106 Å². The van der Waals surface area contributed by atoms with E-state index in [0.29, 0.717) is 12.8 Å². The van der Waals surface area contributed by atoms with Crippen LogP contribution in [0.5, 0.6) is 0 Å². The molecule has 90 valence electrons. The maximum Gasteiger partial charge on any atom is 0.137 e. The average molecular weight is 263 g/mol. The van der Waals surface area contributed by atoms with Crippen molar-refractivity contribution in [2.45, 2.75) is 32.8 Å². The summed E-state index contributed by atoms with van der Waals surface area (Å²) < 4.78 is 0.273. The molecule has 0 aliphatic heterocycles. The van der Waals surface area contributed by atoms with Crippen LogP contribution in [0.2, 0.25) is 0 Å². The molecule has 2 nitrogen and oxygen atoms in total. The zero-order valence-corrected chi connectivity index (χ0v) is 10.9. The molecule has 0 spiro atoms. The molecule has 5 atom stereocenters. The lowest BCUT2D eigenvalue weighted by atomic mass is 9.74. The smallest absolute Gasteiger partial charge is 0.137 e. The number of aliphatic hydroxyl groups excluding tert-OH is 1. The van der Waals surface area contributed by atoms with E-state index in [1.165, 1.54) is 0 Å². The van der Waals surface area contributed by atoms with E-state index < -0.39 is 6.10 Å². The highest BCUT2D eigenvalue weighted by molar-refractivity contribution is 6.56. The van der Waals surface area contributed by atoms with E-state index in [2.05, 4.69) is 0 Å². The molecule has 0 radical (unpaired) electrons. The van der Waals surface area contributed by atoms with Gasteiger partial charge in [0.05, 0.1) is 6.10 Å². The molecule has 0 aromatic rings. The van der Waals surface area contributed by atoms with Crippen LogP contribution in [0, 0.1) is 23.7 Å². The number of allylic oxidation sites excluding steroid dienone is 1. The molecule has 1 N–H and O–H groups in total. The van der Waals surface area contributed by atoms with Crippen LogP contribution in [0.4, 0.5) is 0 Å². The molecule has 0 amide bonds. The summed E-state index contributed by atoms with van der Waals surface area (Å²) in [5.74, 6) is 0.316. The Morgan fingerprint density at radius 3 is 2.44 bits per heavy atom. The molecule has 0 aromatic carbocycles. The summed E-state index contributed by atoms with van der Waals surface area (Å²) in [6.45, 7) is 3.99. The molecule has 2 aliphatic rings. The van der Waals surface area contributed by atoms with Gasteiger partial charge in [-0.05, 0) is 23.8 Å². The van der Waals surface area contributed by atoms with Crippen molar-refractivity contribution in [1.82, 2.24) is 0 Å². The van der Waals surface area contributed by atoms with Crippen molar-refractivity contribution in [2.24, 2.45) is 23.7 Å². The van der Waals surface area contributed by atoms with Gasteiger partial charge in [-0.2, -0.15) is 0 Å². The van der Waals surface area contributed by atoms with Crippen LogP contribution in [-0.4, -0.2) is 17.0 Å². The van der Waals surface area contributed by atoms with E-state index in [-0.39, 0.29) is 33.9 Å². The van der Waals surface area contributed by atoms with E-state index in [4.69, 9.17) is 23.2 Å². The van der Waals surface area contributed by atoms with Crippen molar-refractivity contribution < 1.29 is 9.90 Å². The lowest BCUT2D eigenvalue weighted by Gasteiger charge is -2.32. The predicted molar refractivity (Wildman–Crippen MR) is 64.3 cm³/mol. The summed E-state index contributed by atoms with van der Waals surface area (Å²) in [5.41, 5.74) is 0.938. The maximum atomic E-state index is 11.9. The normalized spacial score (nSPS) is 43.4. The third-order valence-corrected chi connectivity index (χ3v) is 4.67. The van der Waals surface area contributed by atoms with Crippen LogP contribution in [0.25, 0.3) is 0 Å². The van der Waals surface area contributed by atoms with E-state index in [0.717, 1.165) is 5.57 Å². The van der Waals surface area contributed by atoms with Gasteiger partial charge in [0.15, 0.2) is 0 Å². The fraction of sp³-hybridized carbons (Fsp3) is 0.750. The first-order valence-electron chi connectivity index (χ1n) is 5.71. The number of ketones is 1. The minimum absolute atomic E-state index is 0.00116. The van der Waals surface area contributed by atoms with Gasteiger partial charge in [0.25, 0.3) is 0 Å². The molecule has 5 unspecified atom stereocenters. The van der Waals surface area contributed by atoms with E-state index in [1.54, 1.807) is 0 Å². The van der Waals surface area contributed by atoms with Crippen LogP contribution in [0.1, 0.15) is 26.7 Å². The summed E-state index contributed by atoms with van der Waals surface area (Å²) >= 11 is 11.8. The third-order valence-electron chi connectivity index (χ3n) is 4.23. The third kappa shape index (κ3) is 1.71. The number of fused-ring (bicyclic) bond motifs is 1. The first-order chi connectivity index (χ1) is 7.45. The van der Waals surface area contributed by atoms with Gasteiger partial charge in [-0.15, -0.1) is 0 Å². The topological polar surface area (TPSA) is 37.3 Å². The van der Waals surface area contributed by atoms with Crippen LogP contribution in [0.3, 0.4) is 0 Å². The summed E-state index contributed by atoms with van der Waals surface area (Å²) in [6.07, 6.45) is 0.655. The quantitative estimate of drug-likeness (QED) is 0.729. The molecule has 2 saturated carbocycles. The molecular weight excluding hydrogens is 247 g/mol. The lowest BCUT2D eigenvalue weighted by molar-refractivity contribution is -0.131. The first kappa shape index (κ1) is 12.4. The van der Waals surface area contributed by atoms with Crippen LogP contribution in [-0.2, 0) is 4.79 Å². The van der Waals surface area contributed by atoms with Crippen molar-refractivity contribution in [1.29, 1.82) is 0 Å².